The maximum absolute atomic E-state index is 12.9. The van der Waals surface area contributed by atoms with E-state index in [1.165, 1.54) is 0 Å². The van der Waals surface area contributed by atoms with Crippen LogP contribution >= 0.6 is 0 Å². The number of rotatable bonds is 8. The van der Waals surface area contributed by atoms with Crippen molar-refractivity contribution in [3.05, 3.63) is 0 Å². The van der Waals surface area contributed by atoms with Gasteiger partial charge in [0.15, 0.2) is 9.84 Å². The van der Waals surface area contributed by atoms with E-state index in [-0.39, 0.29) is 41.2 Å². The van der Waals surface area contributed by atoms with Gasteiger partial charge >= 0.3 is 0 Å². The number of carbonyl (C=O) groups is 2. The summed E-state index contributed by atoms with van der Waals surface area (Å²) in [5.41, 5.74) is 0. The Labute approximate surface area is 156 Å². The van der Waals surface area contributed by atoms with Gasteiger partial charge in [-0.15, -0.1) is 0 Å². The van der Waals surface area contributed by atoms with Crippen LogP contribution in [0.15, 0.2) is 0 Å². The van der Waals surface area contributed by atoms with Crippen molar-refractivity contribution >= 4 is 21.7 Å². The van der Waals surface area contributed by atoms with Crippen LogP contribution in [0.3, 0.4) is 0 Å². The fourth-order valence-electron chi connectivity index (χ4n) is 4.02. The summed E-state index contributed by atoms with van der Waals surface area (Å²) in [7, 11) is -1.36. The van der Waals surface area contributed by atoms with E-state index in [4.69, 9.17) is 4.74 Å². The number of methoxy groups -OCH3 is 1. The van der Waals surface area contributed by atoms with Crippen molar-refractivity contribution in [2.75, 3.05) is 38.3 Å². The average Bonchev–Trinajstić information content (AvgIpc) is 2.98. The molecule has 150 valence electrons. The molecule has 2 aliphatic rings. The first-order valence-electron chi connectivity index (χ1n) is 9.65. The molecule has 1 aliphatic carbocycles. The van der Waals surface area contributed by atoms with Crippen molar-refractivity contribution in [1.29, 1.82) is 0 Å². The first-order valence-corrected chi connectivity index (χ1v) is 11.5. The molecule has 1 saturated heterocycles. The fourth-order valence-corrected chi connectivity index (χ4v) is 5.76. The number of hydrogen-bond acceptors (Lipinski definition) is 5. The summed E-state index contributed by atoms with van der Waals surface area (Å²) in [6, 6.07) is -0.181. The molecule has 2 rings (SSSR count). The van der Waals surface area contributed by atoms with Crippen LogP contribution in [0.25, 0.3) is 0 Å². The zero-order valence-corrected chi connectivity index (χ0v) is 16.7. The van der Waals surface area contributed by atoms with E-state index < -0.39 is 9.84 Å². The quantitative estimate of drug-likeness (QED) is 0.626. The molecule has 0 bridgehead atoms. The van der Waals surface area contributed by atoms with Crippen molar-refractivity contribution in [3.63, 3.8) is 0 Å². The van der Waals surface area contributed by atoms with E-state index in [1.807, 2.05) is 6.92 Å². The summed E-state index contributed by atoms with van der Waals surface area (Å²) >= 11 is 0. The molecule has 7 nitrogen and oxygen atoms in total. The van der Waals surface area contributed by atoms with Gasteiger partial charge in [-0.2, -0.15) is 0 Å². The monoisotopic (exact) mass is 388 g/mol. The molecule has 1 unspecified atom stereocenters. The first kappa shape index (κ1) is 21.2. The molecule has 0 radical (unpaired) electrons. The summed E-state index contributed by atoms with van der Waals surface area (Å²) in [5.74, 6) is 0.289. The van der Waals surface area contributed by atoms with Gasteiger partial charge < -0.3 is 15.0 Å². The van der Waals surface area contributed by atoms with Crippen LogP contribution in [0, 0.1) is 11.8 Å². The molecule has 2 amide bonds. The van der Waals surface area contributed by atoms with Crippen LogP contribution < -0.4 is 5.32 Å². The minimum absolute atomic E-state index is 0.0245. The third kappa shape index (κ3) is 5.67. The van der Waals surface area contributed by atoms with Gasteiger partial charge in [-0.1, -0.05) is 0 Å². The Morgan fingerprint density at radius 1 is 1.12 bits per heavy atom. The van der Waals surface area contributed by atoms with Crippen LogP contribution in [-0.2, 0) is 24.2 Å². The topological polar surface area (TPSA) is 92.8 Å². The molecule has 1 N–H and O–H groups in total. The molecule has 8 heteroatoms. The number of hydrogen-bond donors (Lipinski definition) is 1. The molecule has 1 heterocycles. The van der Waals surface area contributed by atoms with Crippen LogP contribution in [0.4, 0.5) is 0 Å². The lowest BCUT2D eigenvalue weighted by Gasteiger charge is -2.34. The van der Waals surface area contributed by atoms with Gasteiger partial charge in [0.05, 0.1) is 11.5 Å². The van der Waals surface area contributed by atoms with Crippen molar-refractivity contribution < 1.29 is 22.7 Å². The molecule has 26 heavy (non-hydrogen) atoms. The zero-order valence-electron chi connectivity index (χ0n) is 15.9. The molecule has 2 fully saturated rings. The maximum Gasteiger partial charge on any atom is 0.225 e. The number of amides is 2. The standard InChI is InChI=1S/C18H32N2O5S/c1-3-20(16-9-12-26(23,24)13-16)18(22)15-7-5-14(6-8-15)17(21)19-10-4-11-25-2/h14-16H,3-13H2,1-2H3,(H,19,21). The molecule has 0 spiro atoms. The second-order valence-electron chi connectivity index (χ2n) is 7.37. The Hall–Kier alpha value is -1.15. The highest BCUT2D eigenvalue weighted by Crippen LogP contribution is 2.31. The van der Waals surface area contributed by atoms with E-state index in [0.29, 0.717) is 51.8 Å². The predicted octanol–water partition coefficient (Wildman–Crippen LogP) is 0.981. The maximum atomic E-state index is 12.9. The number of carbonyl (C=O) groups excluding carboxylic acids is 2. The van der Waals surface area contributed by atoms with E-state index in [1.54, 1.807) is 12.0 Å². The molecular weight excluding hydrogens is 356 g/mol. The highest BCUT2D eigenvalue weighted by atomic mass is 32.2. The number of sulfone groups is 1. The van der Waals surface area contributed by atoms with Gasteiger partial charge in [0.2, 0.25) is 11.8 Å². The molecule has 0 aromatic rings. The van der Waals surface area contributed by atoms with Crippen LogP contribution in [0.2, 0.25) is 0 Å². The summed E-state index contributed by atoms with van der Waals surface area (Å²) in [4.78, 5) is 26.8. The second-order valence-corrected chi connectivity index (χ2v) is 9.60. The highest BCUT2D eigenvalue weighted by molar-refractivity contribution is 7.91. The van der Waals surface area contributed by atoms with Crippen LogP contribution in [0.1, 0.15) is 45.4 Å². The Bertz CT molecular complexity index is 584. The molecule has 0 aromatic heterocycles. The SMILES string of the molecule is CCN(C(=O)C1CCC(C(=O)NCCCOC)CC1)C1CCS(=O)(=O)C1. The van der Waals surface area contributed by atoms with E-state index in [0.717, 1.165) is 6.42 Å². The van der Waals surface area contributed by atoms with E-state index >= 15 is 0 Å². The Balaban J connectivity index is 1.80. The Morgan fingerprint density at radius 2 is 1.77 bits per heavy atom. The van der Waals surface area contributed by atoms with Crippen molar-refractivity contribution in [1.82, 2.24) is 10.2 Å². The third-order valence-corrected chi connectivity index (χ3v) is 7.29. The van der Waals surface area contributed by atoms with Crippen molar-refractivity contribution in [2.45, 2.75) is 51.5 Å². The summed E-state index contributed by atoms with van der Waals surface area (Å²) in [5, 5.41) is 2.94. The zero-order chi connectivity index (χ0) is 19.2. The molecule has 0 aromatic carbocycles. The second kappa shape index (κ2) is 9.69. The lowest BCUT2D eigenvalue weighted by molar-refractivity contribution is -0.140. The predicted molar refractivity (Wildman–Crippen MR) is 99.4 cm³/mol. The van der Waals surface area contributed by atoms with Gasteiger partial charge in [0, 0.05) is 44.7 Å². The number of nitrogens with zero attached hydrogens (tertiary/aromatic N) is 1. The van der Waals surface area contributed by atoms with E-state index in [2.05, 4.69) is 5.32 Å². The average molecular weight is 389 g/mol. The van der Waals surface area contributed by atoms with Gasteiger partial charge in [0.25, 0.3) is 0 Å². The molecule has 1 atom stereocenters. The normalized spacial score (nSPS) is 27.8. The summed E-state index contributed by atoms with van der Waals surface area (Å²) in [6.07, 6.45) is 4.17. The van der Waals surface area contributed by atoms with Crippen LogP contribution in [-0.4, -0.2) is 69.5 Å². The molecule has 1 aliphatic heterocycles. The third-order valence-electron chi connectivity index (χ3n) is 5.54. The van der Waals surface area contributed by atoms with Crippen molar-refractivity contribution in [3.8, 4) is 0 Å². The number of nitrogens with one attached hydrogen (secondary N) is 1. The summed E-state index contributed by atoms with van der Waals surface area (Å²) in [6.45, 7) is 3.69. The molecular formula is C18H32N2O5S. The largest absolute Gasteiger partial charge is 0.385 e. The smallest absolute Gasteiger partial charge is 0.225 e. The lowest BCUT2D eigenvalue weighted by atomic mass is 9.80. The first-order chi connectivity index (χ1) is 12.4. The Kier molecular flexibility index (Phi) is 7.88. The molecule has 1 saturated carbocycles. The van der Waals surface area contributed by atoms with Crippen molar-refractivity contribution in [2.24, 2.45) is 11.8 Å². The van der Waals surface area contributed by atoms with Gasteiger partial charge in [0.1, 0.15) is 0 Å². The fraction of sp³-hybridized carbons (Fsp3) is 0.889. The van der Waals surface area contributed by atoms with Gasteiger partial charge in [-0.05, 0) is 45.4 Å². The van der Waals surface area contributed by atoms with E-state index in [9.17, 15) is 18.0 Å². The van der Waals surface area contributed by atoms with Crippen LogP contribution in [0.5, 0.6) is 0 Å². The lowest BCUT2D eigenvalue weighted by Crippen LogP contribution is -2.45. The van der Waals surface area contributed by atoms with Gasteiger partial charge in [-0.3, -0.25) is 9.59 Å². The highest BCUT2D eigenvalue weighted by Gasteiger charge is 2.38. The number of ether oxygens (including phenoxy) is 1. The minimum Gasteiger partial charge on any atom is -0.385 e. The Morgan fingerprint density at radius 3 is 2.31 bits per heavy atom. The minimum atomic E-state index is -3.00. The van der Waals surface area contributed by atoms with Gasteiger partial charge in [-0.25, -0.2) is 8.42 Å². The summed E-state index contributed by atoms with van der Waals surface area (Å²) < 4.78 is 28.4.